The van der Waals surface area contributed by atoms with Gasteiger partial charge < -0.3 is 5.32 Å². The minimum Gasteiger partial charge on any atom is -0.384 e. The summed E-state index contributed by atoms with van der Waals surface area (Å²) in [7, 11) is 0. The van der Waals surface area contributed by atoms with Crippen molar-refractivity contribution in [2.45, 2.75) is 17.1 Å². The largest absolute Gasteiger partial charge is 0.384 e. The highest BCUT2D eigenvalue weighted by molar-refractivity contribution is 8.00. The van der Waals surface area contributed by atoms with E-state index in [2.05, 4.69) is 24.4 Å². The van der Waals surface area contributed by atoms with Crippen LogP contribution < -0.4 is 5.32 Å². The first-order chi connectivity index (χ1) is 8.74. The molecule has 2 aromatic rings. The molecule has 0 aromatic heterocycles. The van der Waals surface area contributed by atoms with E-state index in [0.29, 0.717) is 5.25 Å². The number of rotatable bonds is 5. The normalized spacial score (nSPS) is 12.1. The van der Waals surface area contributed by atoms with E-state index in [4.69, 9.17) is 0 Å². The van der Waals surface area contributed by atoms with Crippen molar-refractivity contribution in [3.63, 3.8) is 0 Å². The highest BCUT2D eigenvalue weighted by Gasteiger charge is 2.04. The summed E-state index contributed by atoms with van der Waals surface area (Å²) in [5.74, 6) is -0.186. The zero-order valence-corrected chi connectivity index (χ0v) is 11.1. The lowest BCUT2D eigenvalue weighted by Crippen LogP contribution is -2.12. The molecule has 0 bridgehead atoms. The highest BCUT2D eigenvalue weighted by atomic mass is 32.2. The zero-order valence-electron chi connectivity index (χ0n) is 10.3. The van der Waals surface area contributed by atoms with E-state index in [1.54, 1.807) is 11.8 Å². The summed E-state index contributed by atoms with van der Waals surface area (Å²) in [6.45, 7) is 3.04. The summed E-state index contributed by atoms with van der Waals surface area (Å²) in [6, 6.07) is 16.8. The molecule has 1 N–H and O–H groups in total. The zero-order chi connectivity index (χ0) is 12.8. The van der Waals surface area contributed by atoms with Crippen molar-refractivity contribution in [3.05, 3.63) is 60.4 Å². The maximum Gasteiger partial charge on any atom is 0.123 e. The van der Waals surface area contributed by atoms with Gasteiger partial charge in [0.1, 0.15) is 5.82 Å². The van der Waals surface area contributed by atoms with Crippen molar-refractivity contribution in [2.24, 2.45) is 0 Å². The minimum atomic E-state index is -0.186. The fourth-order valence-corrected chi connectivity index (χ4v) is 2.53. The van der Waals surface area contributed by atoms with E-state index < -0.39 is 0 Å². The lowest BCUT2D eigenvalue weighted by atomic mass is 10.3. The molecule has 0 aliphatic carbocycles. The highest BCUT2D eigenvalue weighted by Crippen LogP contribution is 2.23. The second-order valence-corrected chi connectivity index (χ2v) is 5.64. The van der Waals surface area contributed by atoms with E-state index in [0.717, 1.165) is 17.1 Å². The predicted octanol–water partition coefficient (Wildman–Crippen LogP) is 4.42. The van der Waals surface area contributed by atoms with Gasteiger partial charge in [-0.05, 0) is 36.4 Å². The van der Waals surface area contributed by atoms with Crippen molar-refractivity contribution in [2.75, 3.05) is 11.9 Å². The van der Waals surface area contributed by atoms with Gasteiger partial charge >= 0.3 is 0 Å². The molecule has 0 amide bonds. The maximum atomic E-state index is 12.8. The monoisotopic (exact) mass is 261 g/mol. The quantitative estimate of drug-likeness (QED) is 0.800. The second-order valence-electron chi connectivity index (χ2n) is 4.13. The Kier molecular flexibility index (Phi) is 4.65. The number of thioether (sulfide) groups is 1. The van der Waals surface area contributed by atoms with Gasteiger partial charge in [-0.1, -0.05) is 25.1 Å². The molecule has 0 saturated carbocycles. The molecule has 0 saturated heterocycles. The molecular weight excluding hydrogens is 245 g/mol. The Morgan fingerprint density at radius 1 is 1.06 bits per heavy atom. The minimum absolute atomic E-state index is 0.186. The molecule has 0 spiro atoms. The molecule has 0 heterocycles. The number of hydrogen-bond acceptors (Lipinski definition) is 2. The van der Waals surface area contributed by atoms with Crippen LogP contribution in [0.3, 0.4) is 0 Å². The SMILES string of the molecule is CC(CNc1ccccc1)Sc1ccc(F)cc1. The fraction of sp³-hybridized carbons (Fsp3) is 0.200. The molecule has 0 radical (unpaired) electrons. The van der Waals surface area contributed by atoms with Crippen LogP contribution in [-0.4, -0.2) is 11.8 Å². The molecule has 1 atom stereocenters. The van der Waals surface area contributed by atoms with Crippen LogP contribution in [0, 0.1) is 5.82 Å². The Balaban J connectivity index is 1.82. The van der Waals surface area contributed by atoms with E-state index >= 15 is 0 Å². The number of nitrogens with one attached hydrogen (secondary N) is 1. The molecule has 0 aliphatic rings. The molecule has 0 fully saturated rings. The van der Waals surface area contributed by atoms with Crippen molar-refractivity contribution >= 4 is 17.4 Å². The summed E-state index contributed by atoms with van der Waals surface area (Å²) in [4.78, 5) is 1.10. The molecule has 0 aliphatic heterocycles. The Labute approximate surface area is 111 Å². The lowest BCUT2D eigenvalue weighted by molar-refractivity contribution is 0.626. The van der Waals surface area contributed by atoms with Crippen LogP contribution in [0.5, 0.6) is 0 Å². The molecule has 18 heavy (non-hydrogen) atoms. The van der Waals surface area contributed by atoms with Crippen molar-refractivity contribution in [3.8, 4) is 0 Å². The first-order valence-electron chi connectivity index (χ1n) is 5.95. The average molecular weight is 261 g/mol. The van der Waals surface area contributed by atoms with E-state index in [-0.39, 0.29) is 5.82 Å². The third kappa shape index (κ3) is 4.08. The van der Waals surface area contributed by atoms with Gasteiger partial charge in [0, 0.05) is 22.4 Å². The second kappa shape index (κ2) is 6.45. The van der Waals surface area contributed by atoms with Gasteiger partial charge in [0.2, 0.25) is 0 Å². The van der Waals surface area contributed by atoms with Crippen LogP contribution in [0.1, 0.15) is 6.92 Å². The van der Waals surface area contributed by atoms with E-state index in [9.17, 15) is 4.39 Å². The van der Waals surface area contributed by atoms with Crippen LogP contribution in [-0.2, 0) is 0 Å². The number of halogens is 1. The van der Waals surface area contributed by atoms with Crippen LogP contribution in [0.25, 0.3) is 0 Å². The molecule has 1 nitrogen and oxygen atoms in total. The summed E-state index contributed by atoms with van der Waals surface area (Å²) in [5.41, 5.74) is 1.13. The fourth-order valence-electron chi connectivity index (χ4n) is 1.60. The topological polar surface area (TPSA) is 12.0 Å². The van der Waals surface area contributed by atoms with Gasteiger partial charge in [0.15, 0.2) is 0 Å². The molecule has 2 aromatic carbocycles. The number of para-hydroxylation sites is 1. The summed E-state index contributed by atoms with van der Waals surface area (Å²) < 4.78 is 12.8. The van der Waals surface area contributed by atoms with Gasteiger partial charge in [-0.25, -0.2) is 4.39 Å². The van der Waals surface area contributed by atoms with E-state index in [1.807, 2.05) is 30.3 Å². The van der Waals surface area contributed by atoms with E-state index in [1.165, 1.54) is 12.1 Å². The summed E-state index contributed by atoms with van der Waals surface area (Å²) in [5, 5.41) is 3.81. The molecule has 94 valence electrons. The molecular formula is C15H16FNS. The predicted molar refractivity (Wildman–Crippen MR) is 76.7 cm³/mol. The summed E-state index contributed by atoms with van der Waals surface area (Å²) in [6.07, 6.45) is 0. The third-order valence-electron chi connectivity index (χ3n) is 2.52. The van der Waals surface area contributed by atoms with Crippen molar-refractivity contribution < 1.29 is 4.39 Å². The Morgan fingerprint density at radius 3 is 2.39 bits per heavy atom. The first kappa shape index (κ1) is 13.0. The van der Waals surface area contributed by atoms with Gasteiger partial charge in [0.25, 0.3) is 0 Å². The Hall–Kier alpha value is -1.48. The Bertz CT molecular complexity index is 470. The number of anilines is 1. The van der Waals surface area contributed by atoms with Gasteiger partial charge in [-0.2, -0.15) is 0 Å². The van der Waals surface area contributed by atoms with Gasteiger partial charge in [-0.15, -0.1) is 11.8 Å². The summed E-state index contributed by atoms with van der Waals surface area (Å²) >= 11 is 1.74. The molecule has 1 unspecified atom stereocenters. The number of benzene rings is 2. The third-order valence-corrected chi connectivity index (χ3v) is 3.63. The molecule has 2 rings (SSSR count). The van der Waals surface area contributed by atoms with Crippen molar-refractivity contribution in [1.29, 1.82) is 0 Å². The van der Waals surface area contributed by atoms with Crippen molar-refractivity contribution in [1.82, 2.24) is 0 Å². The van der Waals surface area contributed by atoms with Crippen LogP contribution in [0.4, 0.5) is 10.1 Å². The van der Waals surface area contributed by atoms with Crippen LogP contribution >= 0.6 is 11.8 Å². The Morgan fingerprint density at radius 2 is 1.72 bits per heavy atom. The first-order valence-corrected chi connectivity index (χ1v) is 6.83. The molecule has 3 heteroatoms. The van der Waals surface area contributed by atoms with Crippen LogP contribution in [0.2, 0.25) is 0 Å². The smallest absolute Gasteiger partial charge is 0.123 e. The average Bonchev–Trinajstić information content (AvgIpc) is 2.40. The number of hydrogen-bond donors (Lipinski definition) is 1. The maximum absolute atomic E-state index is 12.8. The van der Waals surface area contributed by atoms with Gasteiger partial charge in [0.05, 0.1) is 0 Å². The standard InChI is InChI=1S/C15H16FNS/c1-12(11-17-14-5-3-2-4-6-14)18-15-9-7-13(16)8-10-15/h2-10,12,17H,11H2,1H3. The van der Waals surface area contributed by atoms with Gasteiger partial charge in [-0.3, -0.25) is 0 Å². The lowest BCUT2D eigenvalue weighted by Gasteiger charge is -2.13. The van der Waals surface area contributed by atoms with Crippen LogP contribution in [0.15, 0.2) is 59.5 Å².